The van der Waals surface area contributed by atoms with Crippen LogP contribution < -0.4 is 0 Å². The lowest BCUT2D eigenvalue weighted by atomic mass is 10.0. The van der Waals surface area contributed by atoms with E-state index in [9.17, 15) is 4.79 Å². The van der Waals surface area contributed by atoms with Crippen molar-refractivity contribution in [2.24, 2.45) is 0 Å². The van der Waals surface area contributed by atoms with Crippen LogP contribution >= 0.6 is 0 Å². The summed E-state index contributed by atoms with van der Waals surface area (Å²) in [6.07, 6.45) is 8.00. The number of benzene rings is 2. The molecule has 2 aliphatic heterocycles. The summed E-state index contributed by atoms with van der Waals surface area (Å²) in [5.41, 5.74) is 11.4. The third-order valence-electron chi connectivity index (χ3n) is 9.85. The zero-order chi connectivity index (χ0) is 35.0. The summed E-state index contributed by atoms with van der Waals surface area (Å²) in [7, 11) is -2.11. The number of ether oxygens (including phenoxy) is 1. The molecule has 0 fully saturated rings. The predicted octanol–water partition coefficient (Wildman–Crippen LogP) is 10.7. The van der Waals surface area contributed by atoms with Gasteiger partial charge in [0.25, 0.3) is 0 Å². The van der Waals surface area contributed by atoms with E-state index in [0.717, 1.165) is 61.4 Å². The summed E-state index contributed by atoms with van der Waals surface area (Å²) in [6.45, 7) is 13.8. The number of aromatic amines is 2. The fourth-order valence-corrected chi connectivity index (χ4v) is 7.06. The molecule has 8 bridgehead atoms. The monoisotopic (exact) mass is 678 g/mol. The number of nitrogens with one attached hydrogen (secondary N) is 2. The molecule has 252 valence electrons. The summed E-state index contributed by atoms with van der Waals surface area (Å²) < 4.78 is 12.4. The molecule has 0 atom stereocenters. The summed E-state index contributed by atoms with van der Waals surface area (Å²) in [5, 5.41) is 0.0474. The lowest BCUT2D eigenvalue weighted by Crippen LogP contribution is -2.40. The molecule has 2 aromatic carbocycles. The molecule has 8 heteroatoms. The largest absolute Gasteiger partial charge is 0.462 e. The van der Waals surface area contributed by atoms with Crippen LogP contribution in [0.1, 0.15) is 66.4 Å². The van der Waals surface area contributed by atoms with Crippen LogP contribution in [0.4, 0.5) is 0 Å². The number of aromatic nitrogens is 4. The van der Waals surface area contributed by atoms with Gasteiger partial charge in [-0.1, -0.05) is 81.4 Å². The van der Waals surface area contributed by atoms with E-state index >= 15 is 0 Å². The smallest absolute Gasteiger partial charge is 0.342 e. The van der Waals surface area contributed by atoms with E-state index < -0.39 is 14.3 Å². The van der Waals surface area contributed by atoms with Crippen molar-refractivity contribution in [3.8, 4) is 22.3 Å². The van der Waals surface area contributed by atoms with Crippen LogP contribution in [0.5, 0.6) is 0 Å². The van der Waals surface area contributed by atoms with Gasteiger partial charge >= 0.3 is 5.97 Å². The van der Waals surface area contributed by atoms with Gasteiger partial charge in [-0.25, -0.2) is 14.8 Å². The highest BCUT2D eigenvalue weighted by Crippen LogP contribution is 2.39. The van der Waals surface area contributed by atoms with E-state index in [2.05, 4.69) is 92.4 Å². The Kier molecular flexibility index (Phi) is 8.76. The highest BCUT2D eigenvalue weighted by Gasteiger charge is 2.37. The van der Waals surface area contributed by atoms with Gasteiger partial charge < -0.3 is 19.1 Å². The van der Waals surface area contributed by atoms with Gasteiger partial charge in [-0.3, -0.25) is 0 Å². The summed E-state index contributed by atoms with van der Waals surface area (Å²) in [5.74, 6) is -0.439. The molecule has 0 spiro atoms. The minimum atomic E-state index is -2.11. The molecular formula is C42H42N4O3Si. The maximum atomic E-state index is 13.6. The average Bonchev–Trinajstić information content (AvgIpc) is 3.92. The number of fused-ring (bicyclic) bond motifs is 8. The maximum absolute atomic E-state index is 13.6. The van der Waals surface area contributed by atoms with Crippen LogP contribution in [-0.4, -0.2) is 40.8 Å². The third kappa shape index (κ3) is 6.28. The number of rotatable bonds is 7. The SMILES string of the molecule is CCOC(=O)c1c2nc(c(-c3ccccc3)c3ccc([nH]3)c(CO[Si](C)(C)C(C)(C)C)c3nc(c(-c4ccccc4)c4ccc1[nH]4)C=C3)C=C2. The van der Waals surface area contributed by atoms with Gasteiger partial charge in [-0.15, -0.1) is 0 Å². The fourth-order valence-electron chi connectivity index (χ4n) is 6.12. The number of hydrogen-bond donors (Lipinski definition) is 2. The molecule has 0 saturated heterocycles. The molecule has 0 aliphatic carbocycles. The van der Waals surface area contributed by atoms with Gasteiger partial charge in [-0.05, 0) is 84.8 Å². The van der Waals surface area contributed by atoms with Crippen LogP contribution in [-0.2, 0) is 15.8 Å². The quantitative estimate of drug-likeness (QED) is 0.129. The second-order valence-electron chi connectivity index (χ2n) is 14.1. The van der Waals surface area contributed by atoms with Gasteiger partial charge in [0, 0.05) is 33.2 Å². The van der Waals surface area contributed by atoms with Crippen LogP contribution in [0.25, 0.3) is 68.6 Å². The molecule has 0 amide bonds. The van der Waals surface area contributed by atoms with Gasteiger partial charge in [-0.2, -0.15) is 0 Å². The van der Waals surface area contributed by atoms with Crippen molar-refractivity contribution in [3.63, 3.8) is 0 Å². The fraction of sp³-hybridized carbons (Fsp3) is 0.214. The molecule has 5 aromatic rings. The van der Waals surface area contributed by atoms with E-state index in [0.29, 0.717) is 23.4 Å². The molecule has 3 aromatic heterocycles. The lowest BCUT2D eigenvalue weighted by Gasteiger charge is -2.36. The lowest BCUT2D eigenvalue weighted by molar-refractivity contribution is 0.0528. The Morgan fingerprint density at radius 3 is 1.70 bits per heavy atom. The number of carbonyl (C=O) groups is 1. The van der Waals surface area contributed by atoms with Gasteiger partial charge in [0.1, 0.15) is 5.56 Å². The Morgan fingerprint density at radius 1 is 0.660 bits per heavy atom. The van der Waals surface area contributed by atoms with Crippen LogP contribution in [0.2, 0.25) is 18.1 Å². The van der Waals surface area contributed by atoms with Gasteiger partial charge in [0.2, 0.25) is 0 Å². The van der Waals surface area contributed by atoms with E-state index in [1.54, 1.807) is 0 Å². The van der Waals surface area contributed by atoms with Crippen molar-refractivity contribution >= 4 is 60.7 Å². The zero-order valence-corrected chi connectivity index (χ0v) is 30.4. The molecule has 0 unspecified atom stereocenters. The van der Waals surface area contributed by atoms with E-state index in [1.165, 1.54) is 0 Å². The third-order valence-corrected chi connectivity index (χ3v) is 14.3. The highest BCUT2D eigenvalue weighted by molar-refractivity contribution is 6.74. The van der Waals surface area contributed by atoms with E-state index in [4.69, 9.17) is 19.1 Å². The Labute approximate surface area is 293 Å². The number of esters is 1. The average molecular weight is 679 g/mol. The molecule has 2 N–H and O–H groups in total. The van der Waals surface area contributed by atoms with E-state index in [1.807, 2.05) is 67.6 Å². The normalized spacial score (nSPS) is 12.8. The van der Waals surface area contributed by atoms with Crippen molar-refractivity contribution in [3.05, 3.63) is 119 Å². The molecule has 0 radical (unpaired) electrons. The summed E-state index contributed by atoms with van der Waals surface area (Å²) in [6, 6.07) is 28.5. The molecule has 2 aliphatic rings. The summed E-state index contributed by atoms with van der Waals surface area (Å²) >= 11 is 0. The Balaban J connectivity index is 1.62. The Hall–Kier alpha value is -5.31. The minimum absolute atomic E-state index is 0.0474. The second-order valence-corrected chi connectivity index (χ2v) is 18.9. The molecular weight excluding hydrogens is 637 g/mol. The van der Waals surface area contributed by atoms with Crippen molar-refractivity contribution in [2.45, 2.75) is 52.4 Å². The first-order valence-corrected chi connectivity index (χ1v) is 20.0. The number of nitrogens with zero attached hydrogens (tertiary/aromatic N) is 2. The van der Waals surface area contributed by atoms with Crippen molar-refractivity contribution in [1.82, 2.24) is 19.9 Å². The first kappa shape index (κ1) is 33.2. The first-order chi connectivity index (χ1) is 24.0. The first-order valence-electron chi connectivity index (χ1n) is 17.1. The minimum Gasteiger partial charge on any atom is -0.462 e. The Morgan fingerprint density at radius 2 is 1.14 bits per heavy atom. The van der Waals surface area contributed by atoms with Crippen LogP contribution in [0.15, 0.2) is 84.9 Å². The molecule has 50 heavy (non-hydrogen) atoms. The van der Waals surface area contributed by atoms with Gasteiger partial charge in [0.15, 0.2) is 8.32 Å². The topological polar surface area (TPSA) is 92.9 Å². The maximum Gasteiger partial charge on any atom is 0.342 e. The standard InChI is InChI=1S/C42H42N4O3Si/c1-7-48-41(47)40-36-24-22-34(45-36)38(27-14-10-8-11-15-27)32-20-18-30(43-32)29(26-49-50(5,6)42(2,3)4)31-19-21-33(44-31)39(28-16-12-9-13-17-28)35-23-25-37(40)46-35/h8-25,43,46H,7,26H2,1-6H3. The zero-order valence-electron chi connectivity index (χ0n) is 29.4. The van der Waals surface area contributed by atoms with Crippen molar-refractivity contribution in [1.29, 1.82) is 0 Å². The second kappa shape index (κ2) is 13.2. The number of H-pyrrole nitrogens is 2. The molecule has 7 rings (SSSR count). The molecule has 7 nitrogen and oxygen atoms in total. The van der Waals surface area contributed by atoms with Crippen LogP contribution in [0.3, 0.4) is 0 Å². The van der Waals surface area contributed by atoms with Crippen molar-refractivity contribution < 1.29 is 14.0 Å². The highest BCUT2D eigenvalue weighted by atomic mass is 28.4. The number of carbonyl (C=O) groups excluding carboxylic acids is 1. The Bertz CT molecular complexity index is 2270. The van der Waals surface area contributed by atoms with Gasteiger partial charge in [0.05, 0.1) is 41.5 Å². The molecule has 0 saturated carbocycles. The molecule has 5 heterocycles. The summed E-state index contributed by atoms with van der Waals surface area (Å²) in [4.78, 5) is 31.3. The van der Waals surface area contributed by atoms with E-state index in [-0.39, 0.29) is 11.6 Å². The predicted molar refractivity (Wildman–Crippen MR) is 208 cm³/mol. The van der Waals surface area contributed by atoms with Crippen molar-refractivity contribution in [2.75, 3.05) is 6.61 Å². The number of hydrogen-bond acceptors (Lipinski definition) is 5. The van der Waals surface area contributed by atoms with Crippen LogP contribution in [0, 0.1) is 0 Å².